The minimum absolute atomic E-state index is 0.633. The van der Waals surface area contributed by atoms with E-state index in [-0.39, 0.29) is 0 Å². The fraction of sp³-hybridized carbons (Fsp3) is 0.211. The number of nitrogen functional groups attached to an aromatic ring is 1. The number of nitrogens with zero attached hydrogens (tertiary/aromatic N) is 1. The van der Waals surface area contributed by atoms with Crippen molar-refractivity contribution in [3.8, 4) is 6.07 Å². The number of thiol groups is 1. The summed E-state index contributed by atoms with van der Waals surface area (Å²) in [5.41, 5.74) is 10.8. The molecule has 1 heterocycles. The van der Waals surface area contributed by atoms with Gasteiger partial charge in [-0.3, -0.25) is 5.14 Å². The largest absolute Gasteiger partial charge is 0.397 e. The Labute approximate surface area is 148 Å². The van der Waals surface area contributed by atoms with Crippen molar-refractivity contribution in [3.63, 3.8) is 0 Å². The van der Waals surface area contributed by atoms with Gasteiger partial charge in [0.05, 0.1) is 17.3 Å². The number of H-pyrrole nitrogens is 1. The molecule has 0 bridgehead atoms. The van der Waals surface area contributed by atoms with E-state index in [9.17, 15) is 0 Å². The molecule has 1 aliphatic rings. The van der Waals surface area contributed by atoms with Gasteiger partial charge in [0.1, 0.15) is 0 Å². The van der Waals surface area contributed by atoms with E-state index < -0.39 is 0 Å². The Hall–Kier alpha value is -2.42. The molecule has 5 heteroatoms. The summed E-state index contributed by atoms with van der Waals surface area (Å²) in [7, 11) is 0. The Kier molecular flexibility index (Phi) is 6.30. The van der Waals surface area contributed by atoms with Crippen LogP contribution in [-0.2, 0) is 0 Å². The third-order valence-corrected chi connectivity index (χ3v) is 3.97. The lowest BCUT2D eigenvalue weighted by Crippen LogP contribution is -1.80. The van der Waals surface area contributed by atoms with Gasteiger partial charge in [-0.1, -0.05) is 29.8 Å². The van der Waals surface area contributed by atoms with Crippen LogP contribution in [-0.4, -0.2) is 4.98 Å². The summed E-state index contributed by atoms with van der Waals surface area (Å²) in [5, 5.41) is 13.7. The Bertz CT molecular complexity index is 827. The molecular formula is C19H22N4S. The van der Waals surface area contributed by atoms with Gasteiger partial charge in [-0.2, -0.15) is 5.26 Å². The number of hydrogen-bond acceptors (Lipinski definition) is 4. The molecule has 0 amide bonds. The van der Waals surface area contributed by atoms with Crippen LogP contribution in [0.15, 0.2) is 48.7 Å². The summed E-state index contributed by atoms with van der Waals surface area (Å²) in [6.45, 7) is 2.14. The van der Waals surface area contributed by atoms with Crippen LogP contribution < -0.4 is 10.9 Å². The van der Waals surface area contributed by atoms with Gasteiger partial charge >= 0.3 is 0 Å². The molecule has 2 aromatic carbocycles. The Morgan fingerprint density at radius 3 is 2.38 bits per heavy atom. The number of rotatable bonds is 1. The fourth-order valence-corrected chi connectivity index (χ4v) is 2.47. The molecule has 0 spiro atoms. The van der Waals surface area contributed by atoms with Gasteiger partial charge in [-0.05, 0) is 49.4 Å². The summed E-state index contributed by atoms with van der Waals surface area (Å²) in [6.07, 6.45) is 4.54. The van der Waals surface area contributed by atoms with E-state index in [0.717, 1.165) is 16.8 Å². The van der Waals surface area contributed by atoms with Crippen molar-refractivity contribution >= 4 is 29.4 Å². The second kappa shape index (κ2) is 8.44. The standard InChI is InChI=1S/C10H12.C9H7N3.H3NS/c1-8-2-4-9(5-3-8)10-6-7-10;10-4-6-1-2-9-7(3-6)8(11)5-12-9;1-2/h2-5,10H,6-7H2,1H3;1-3,5,12H,11H2;2H,1H2. The van der Waals surface area contributed by atoms with Crippen LogP contribution in [0, 0.1) is 18.3 Å². The highest BCUT2D eigenvalue weighted by Gasteiger charge is 2.22. The zero-order valence-corrected chi connectivity index (χ0v) is 14.6. The second-order valence-corrected chi connectivity index (χ2v) is 5.80. The molecule has 0 aliphatic heterocycles. The number of fused-ring (bicyclic) bond motifs is 1. The van der Waals surface area contributed by atoms with Crippen LogP contribution in [0.25, 0.3) is 10.9 Å². The molecule has 1 aliphatic carbocycles. The zero-order chi connectivity index (χ0) is 17.5. The monoisotopic (exact) mass is 338 g/mol. The van der Waals surface area contributed by atoms with Gasteiger partial charge in [-0.15, -0.1) is 12.8 Å². The topological polar surface area (TPSA) is 91.6 Å². The molecular weight excluding hydrogens is 316 g/mol. The number of benzene rings is 2. The highest BCUT2D eigenvalue weighted by molar-refractivity contribution is 7.77. The summed E-state index contributed by atoms with van der Waals surface area (Å²) >= 11 is 3.03. The van der Waals surface area contributed by atoms with Crippen LogP contribution >= 0.6 is 12.8 Å². The average molecular weight is 338 g/mol. The third kappa shape index (κ3) is 4.54. The molecule has 5 N–H and O–H groups in total. The zero-order valence-electron chi connectivity index (χ0n) is 13.7. The molecule has 24 heavy (non-hydrogen) atoms. The molecule has 0 atom stereocenters. The minimum Gasteiger partial charge on any atom is -0.397 e. The van der Waals surface area contributed by atoms with Gasteiger partial charge in [0.2, 0.25) is 0 Å². The minimum atomic E-state index is 0.633. The van der Waals surface area contributed by atoms with Crippen molar-refractivity contribution < 1.29 is 0 Å². The highest BCUT2D eigenvalue weighted by atomic mass is 32.1. The van der Waals surface area contributed by atoms with Gasteiger partial charge in [0, 0.05) is 17.1 Å². The maximum atomic E-state index is 8.62. The SMILES string of the molecule is Cc1ccc(C2CC2)cc1.N#Cc1ccc2[nH]cc(N)c2c1.NS. The van der Waals surface area contributed by atoms with E-state index in [1.807, 2.05) is 6.07 Å². The first-order chi connectivity index (χ1) is 11.7. The number of nitrogens with one attached hydrogen (secondary N) is 1. The lowest BCUT2D eigenvalue weighted by molar-refractivity contribution is 1.13. The first-order valence-corrected chi connectivity index (χ1v) is 8.28. The van der Waals surface area contributed by atoms with Crippen molar-refractivity contribution in [2.45, 2.75) is 25.7 Å². The summed E-state index contributed by atoms with van der Waals surface area (Å²) in [6, 6.07) is 16.4. The summed E-state index contributed by atoms with van der Waals surface area (Å²) < 4.78 is 0. The number of anilines is 1. The predicted octanol–water partition coefficient (Wildman–Crippen LogP) is 4.28. The number of aromatic nitrogens is 1. The number of aromatic amines is 1. The van der Waals surface area contributed by atoms with Crippen LogP contribution in [0.2, 0.25) is 0 Å². The van der Waals surface area contributed by atoms with Gasteiger partial charge in [-0.25, -0.2) is 0 Å². The van der Waals surface area contributed by atoms with Crippen molar-refractivity contribution in [1.82, 2.24) is 4.98 Å². The van der Waals surface area contributed by atoms with E-state index >= 15 is 0 Å². The van der Waals surface area contributed by atoms with Crippen LogP contribution in [0.5, 0.6) is 0 Å². The van der Waals surface area contributed by atoms with E-state index in [1.165, 1.54) is 24.0 Å². The number of aryl methyl sites for hydroxylation is 1. The van der Waals surface area contributed by atoms with Gasteiger partial charge < -0.3 is 10.7 Å². The molecule has 124 valence electrons. The summed E-state index contributed by atoms with van der Waals surface area (Å²) in [5.74, 6) is 0.903. The van der Waals surface area contributed by atoms with Crippen molar-refractivity contribution in [2.75, 3.05) is 5.73 Å². The number of nitriles is 1. The normalized spacial score (nSPS) is 12.4. The molecule has 0 saturated heterocycles. The van der Waals surface area contributed by atoms with Gasteiger partial charge in [0.15, 0.2) is 0 Å². The van der Waals surface area contributed by atoms with Gasteiger partial charge in [0.25, 0.3) is 0 Å². The highest BCUT2D eigenvalue weighted by Crippen LogP contribution is 2.39. The first kappa shape index (κ1) is 17.9. The lowest BCUT2D eigenvalue weighted by Gasteiger charge is -1.96. The van der Waals surface area contributed by atoms with Crippen LogP contribution in [0.4, 0.5) is 5.69 Å². The average Bonchev–Trinajstić information content (AvgIpc) is 3.42. The molecule has 1 aromatic heterocycles. The summed E-state index contributed by atoms with van der Waals surface area (Å²) in [4.78, 5) is 3.00. The Balaban J connectivity index is 0.000000160. The maximum Gasteiger partial charge on any atom is 0.0991 e. The molecule has 0 radical (unpaired) electrons. The van der Waals surface area contributed by atoms with Crippen LogP contribution in [0.3, 0.4) is 0 Å². The lowest BCUT2D eigenvalue weighted by atomic mass is 10.1. The van der Waals surface area contributed by atoms with Crippen molar-refractivity contribution in [1.29, 1.82) is 5.26 Å². The van der Waals surface area contributed by atoms with E-state index in [2.05, 4.69) is 60.2 Å². The van der Waals surface area contributed by atoms with E-state index in [4.69, 9.17) is 11.0 Å². The second-order valence-electron chi connectivity index (χ2n) is 5.80. The molecule has 3 aromatic rings. The van der Waals surface area contributed by atoms with Crippen LogP contribution in [0.1, 0.15) is 35.4 Å². The number of hydrogen-bond donors (Lipinski definition) is 4. The van der Waals surface area contributed by atoms with E-state index in [1.54, 1.807) is 18.3 Å². The molecule has 1 saturated carbocycles. The molecule has 0 unspecified atom stereocenters. The third-order valence-electron chi connectivity index (χ3n) is 3.97. The van der Waals surface area contributed by atoms with Crippen molar-refractivity contribution in [2.24, 2.45) is 5.14 Å². The Morgan fingerprint density at radius 2 is 1.79 bits per heavy atom. The smallest absolute Gasteiger partial charge is 0.0991 e. The van der Waals surface area contributed by atoms with E-state index in [0.29, 0.717) is 11.3 Å². The molecule has 4 nitrogen and oxygen atoms in total. The first-order valence-electron chi connectivity index (χ1n) is 7.76. The number of nitrogens with two attached hydrogens (primary N) is 2. The maximum absolute atomic E-state index is 8.62. The Morgan fingerprint density at radius 1 is 1.12 bits per heavy atom. The van der Waals surface area contributed by atoms with Crippen molar-refractivity contribution in [3.05, 3.63) is 65.4 Å². The quantitative estimate of drug-likeness (QED) is 0.499. The molecule has 1 fully saturated rings. The fourth-order valence-electron chi connectivity index (χ4n) is 2.47. The molecule has 4 rings (SSSR count). The predicted molar refractivity (Wildman–Crippen MR) is 104 cm³/mol.